The van der Waals surface area contributed by atoms with Crippen LogP contribution in [-0.2, 0) is 34.7 Å². The summed E-state index contributed by atoms with van der Waals surface area (Å²) in [6.45, 7) is 2.88. The van der Waals surface area contributed by atoms with Gasteiger partial charge in [-0.2, -0.15) is 26.3 Å². The van der Waals surface area contributed by atoms with E-state index in [0.29, 0.717) is 6.07 Å². The number of alkyl halides is 6. The third-order valence-electron chi connectivity index (χ3n) is 3.01. The van der Waals surface area contributed by atoms with E-state index in [1.54, 1.807) is 0 Å². The van der Waals surface area contributed by atoms with Gasteiger partial charge in [-0.25, -0.2) is 0 Å². The minimum atomic E-state index is -5.22. The summed E-state index contributed by atoms with van der Waals surface area (Å²) in [6.07, 6.45) is -11.2. The Balaban J connectivity index is 3.58. The van der Waals surface area contributed by atoms with E-state index in [-0.39, 0.29) is 18.6 Å². The molecule has 0 heterocycles. The fraction of sp³-hybridized carbons (Fsp3) is 0.500. The maximum Gasteiger partial charge on any atom is 0.417 e. The van der Waals surface area contributed by atoms with Crippen LogP contribution in [-0.4, -0.2) is 12.6 Å². The molecule has 0 spiro atoms. The number of carbonyl (C=O) groups is 1. The molecule has 1 rings (SSSR count). The molecule has 0 unspecified atom stereocenters. The highest BCUT2D eigenvalue weighted by Crippen LogP contribution is 2.43. The molecule has 1 aromatic rings. The molecule has 0 fully saturated rings. The van der Waals surface area contributed by atoms with Crippen molar-refractivity contribution in [3.63, 3.8) is 0 Å². The van der Waals surface area contributed by atoms with Crippen LogP contribution in [0, 0.1) is 0 Å². The SMILES string of the molecule is CCOC(=O)Cc1c(CC)ccc(C(F)(F)F)c1C(F)(F)F. The molecule has 0 aliphatic rings. The topological polar surface area (TPSA) is 26.3 Å². The van der Waals surface area contributed by atoms with Gasteiger partial charge in [0.2, 0.25) is 0 Å². The van der Waals surface area contributed by atoms with Gasteiger partial charge in [-0.1, -0.05) is 13.0 Å². The number of benzene rings is 1. The lowest BCUT2D eigenvalue weighted by atomic mass is 9.91. The molecule has 124 valence electrons. The van der Waals surface area contributed by atoms with Crippen LogP contribution in [0.4, 0.5) is 26.3 Å². The van der Waals surface area contributed by atoms with Crippen molar-refractivity contribution in [2.75, 3.05) is 6.61 Å². The summed E-state index contributed by atoms with van der Waals surface area (Å²) in [6, 6.07) is 1.36. The molecule has 0 aromatic heterocycles. The average molecular weight is 328 g/mol. The number of hydrogen-bond acceptors (Lipinski definition) is 2. The molecule has 0 atom stereocenters. The van der Waals surface area contributed by atoms with Crippen LogP contribution in [0.5, 0.6) is 0 Å². The zero-order valence-electron chi connectivity index (χ0n) is 11.9. The van der Waals surface area contributed by atoms with Crippen LogP contribution in [0.1, 0.15) is 36.1 Å². The lowest BCUT2D eigenvalue weighted by Crippen LogP contribution is -2.22. The standard InChI is InChI=1S/C14H14F6O2/c1-3-8-5-6-10(13(15,16)17)12(14(18,19)20)9(8)7-11(21)22-4-2/h5-6H,3-4,7H2,1-2H3. The fourth-order valence-electron chi connectivity index (χ4n) is 2.14. The Hall–Kier alpha value is -1.73. The minimum Gasteiger partial charge on any atom is -0.466 e. The van der Waals surface area contributed by atoms with Gasteiger partial charge in [-0.3, -0.25) is 4.79 Å². The number of halogens is 6. The van der Waals surface area contributed by atoms with Crippen LogP contribution in [0.15, 0.2) is 12.1 Å². The van der Waals surface area contributed by atoms with Gasteiger partial charge < -0.3 is 4.74 Å². The third-order valence-corrected chi connectivity index (χ3v) is 3.01. The normalized spacial score (nSPS) is 12.4. The van der Waals surface area contributed by atoms with E-state index in [4.69, 9.17) is 0 Å². The number of aryl methyl sites for hydroxylation is 1. The van der Waals surface area contributed by atoms with Crippen LogP contribution in [0.25, 0.3) is 0 Å². The smallest absolute Gasteiger partial charge is 0.417 e. The van der Waals surface area contributed by atoms with Crippen LogP contribution < -0.4 is 0 Å². The van der Waals surface area contributed by atoms with Gasteiger partial charge in [0.15, 0.2) is 0 Å². The van der Waals surface area contributed by atoms with Gasteiger partial charge in [0, 0.05) is 0 Å². The van der Waals surface area contributed by atoms with Gasteiger partial charge in [0.25, 0.3) is 0 Å². The Morgan fingerprint density at radius 1 is 1.05 bits per heavy atom. The first-order chi connectivity index (χ1) is 10.0. The second kappa shape index (κ2) is 6.58. The minimum absolute atomic E-state index is 0.0355. The quantitative estimate of drug-likeness (QED) is 0.605. The zero-order chi connectivity index (χ0) is 17.1. The lowest BCUT2D eigenvalue weighted by Gasteiger charge is -2.21. The first kappa shape index (κ1) is 18.3. The van der Waals surface area contributed by atoms with E-state index in [9.17, 15) is 31.1 Å². The first-order valence-electron chi connectivity index (χ1n) is 6.47. The Bertz CT molecular complexity index is 545. The molecular formula is C14H14F6O2. The predicted molar refractivity (Wildman–Crippen MR) is 66.2 cm³/mol. The third kappa shape index (κ3) is 4.14. The van der Waals surface area contributed by atoms with Gasteiger partial charge in [0.1, 0.15) is 0 Å². The maximum absolute atomic E-state index is 13.1. The van der Waals surface area contributed by atoms with Gasteiger partial charge in [-0.15, -0.1) is 0 Å². The lowest BCUT2D eigenvalue weighted by molar-refractivity contribution is -0.162. The second-order valence-electron chi connectivity index (χ2n) is 4.46. The molecule has 22 heavy (non-hydrogen) atoms. The van der Waals surface area contributed by atoms with Crippen molar-refractivity contribution in [3.05, 3.63) is 34.4 Å². The average Bonchev–Trinajstić information content (AvgIpc) is 2.35. The highest BCUT2D eigenvalue weighted by molar-refractivity contribution is 5.74. The van der Waals surface area contributed by atoms with E-state index in [2.05, 4.69) is 4.74 Å². The molecule has 0 radical (unpaired) electrons. The molecule has 0 amide bonds. The maximum atomic E-state index is 13.1. The molecule has 2 nitrogen and oxygen atoms in total. The molecule has 8 heteroatoms. The molecule has 0 saturated carbocycles. The highest BCUT2D eigenvalue weighted by atomic mass is 19.4. The fourth-order valence-corrected chi connectivity index (χ4v) is 2.14. The summed E-state index contributed by atoms with van der Waals surface area (Å²) in [7, 11) is 0. The highest BCUT2D eigenvalue weighted by Gasteiger charge is 2.45. The Kier molecular flexibility index (Phi) is 5.48. The van der Waals surface area contributed by atoms with Crippen molar-refractivity contribution in [1.29, 1.82) is 0 Å². The van der Waals surface area contributed by atoms with E-state index in [1.165, 1.54) is 13.8 Å². The number of carbonyl (C=O) groups excluding carboxylic acids is 1. The number of ether oxygens (including phenoxy) is 1. The summed E-state index contributed by atoms with van der Waals surface area (Å²) in [4.78, 5) is 11.4. The zero-order valence-corrected chi connectivity index (χ0v) is 11.9. The Morgan fingerprint density at radius 2 is 1.64 bits per heavy atom. The molecule has 0 aliphatic carbocycles. The Morgan fingerprint density at radius 3 is 2.05 bits per heavy atom. The van der Waals surface area contributed by atoms with Crippen molar-refractivity contribution < 1.29 is 35.9 Å². The van der Waals surface area contributed by atoms with Gasteiger partial charge in [0.05, 0.1) is 24.2 Å². The van der Waals surface area contributed by atoms with Crippen molar-refractivity contribution in [2.24, 2.45) is 0 Å². The summed E-state index contributed by atoms with van der Waals surface area (Å²) in [5, 5.41) is 0. The summed E-state index contributed by atoms with van der Waals surface area (Å²) < 4.78 is 82.6. The first-order valence-corrected chi connectivity index (χ1v) is 6.47. The number of esters is 1. The molecule has 0 saturated heterocycles. The summed E-state index contributed by atoms with van der Waals surface area (Å²) >= 11 is 0. The largest absolute Gasteiger partial charge is 0.466 e. The van der Waals surface area contributed by atoms with Crippen LogP contribution >= 0.6 is 0 Å². The van der Waals surface area contributed by atoms with E-state index in [0.717, 1.165) is 6.07 Å². The van der Waals surface area contributed by atoms with Crippen molar-refractivity contribution >= 4 is 5.97 Å². The number of rotatable bonds is 4. The Labute approximate surface area is 123 Å². The predicted octanol–water partition coefficient (Wildman–Crippen LogP) is 4.39. The summed E-state index contributed by atoms with van der Waals surface area (Å²) in [5.41, 5.74) is -4.25. The number of hydrogen-bond donors (Lipinski definition) is 0. The second-order valence-corrected chi connectivity index (χ2v) is 4.46. The van der Waals surface area contributed by atoms with E-state index in [1.807, 2.05) is 0 Å². The summed E-state index contributed by atoms with van der Waals surface area (Å²) in [5.74, 6) is -0.998. The van der Waals surface area contributed by atoms with Crippen LogP contribution in [0.2, 0.25) is 0 Å². The molecular weight excluding hydrogens is 314 g/mol. The van der Waals surface area contributed by atoms with E-state index < -0.39 is 41.4 Å². The molecule has 0 bridgehead atoms. The monoisotopic (exact) mass is 328 g/mol. The molecule has 0 aliphatic heterocycles. The molecule has 0 N–H and O–H groups in total. The van der Waals surface area contributed by atoms with E-state index >= 15 is 0 Å². The van der Waals surface area contributed by atoms with Gasteiger partial charge in [-0.05, 0) is 30.5 Å². The molecule has 1 aromatic carbocycles. The van der Waals surface area contributed by atoms with Gasteiger partial charge >= 0.3 is 18.3 Å². The van der Waals surface area contributed by atoms with Crippen molar-refractivity contribution in [2.45, 2.75) is 39.0 Å². The van der Waals surface area contributed by atoms with Crippen molar-refractivity contribution in [3.8, 4) is 0 Å². The van der Waals surface area contributed by atoms with Crippen molar-refractivity contribution in [1.82, 2.24) is 0 Å². The van der Waals surface area contributed by atoms with Crippen LogP contribution in [0.3, 0.4) is 0 Å².